The first-order valence-electron chi connectivity index (χ1n) is 7.02. The van der Waals surface area contributed by atoms with E-state index in [4.69, 9.17) is 20.6 Å². The summed E-state index contributed by atoms with van der Waals surface area (Å²) in [5, 5.41) is 19.7. The molecule has 2 aromatic carbocycles. The van der Waals surface area contributed by atoms with E-state index in [1.54, 1.807) is 43.3 Å². The number of nitrogens with one attached hydrogen (secondary N) is 2. The van der Waals surface area contributed by atoms with E-state index in [9.17, 15) is 8.42 Å². The fraction of sp³-hybridized carbons (Fsp3) is 0.0625. The van der Waals surface area contributed by atoms with Gasteiger partial charge in [-0.25, -0.2) is 0 Å². The Kier molecular flexibility index (Phi) is 5.36. The summed E-state index contributed by atoms with van der Waals surface area (Å²) in [7, 11) is -4.05. The predicted octanol–water partition coefficient (Wildman–Crippen LogP) is 1.99. The number of hydrogen-bond donors (Lipinski definition) is 3. The minimum atomic E-state index is -4.05. The Morgan fingerprint density at radius 1 is 1.28 bits per heavy atom. The molecule has 0 aliphatic rings. The number of nitrogens with two attached hydrogens (primary N) is 1. The quantitative estimate of drug-likeness (QED) is 0.312. The molecule has 4 N–H and O–H groups in total. The van der Waals surface area contributed by atoms with Crippen LogP contribution in [-0.4, -0.2) is 20.0 Å². The number of hydrogen-bond acceptors (Lipinski definition) is 7. The Bertz CT molecular complexity index is 963. The summed E-state index contributed by atoms with van der Waals surface area (Å²) >= 11 is 0. The van der Waals surface area contributed by atoms with Crippen molar-refractivity contribution in [3.63, 3.8) is 0 Å². The molecule has 0 bridgehead atoms. The Balaban J connectivity index is 2.33. The summed E-state index contributed by atoms with van der Waals surface area (Å²) in [4.78, 5) is -0.0436. The standard InChI is InChI=1S/C16H15N5O3S/c1-11-7-8-12(20-21-14(10-17)16(18)19)9-15(11)25(22,23)24-13-5-3-2-4-6-13/h2-9,20H,1H3,(H3,18,19)/b21-14+. The molecule has 0 atom stereocenters. The van der Waals surface area contributed by atoms with Crippen molar-refractivity contribution in [1.82, 2.24) is 0 Å². The fourth-order valence-corrected chi connectivity index (χ4v) is 3.04. The third-order valence-corrected chi connectivity index (χ3v) is 4.45. The van der Waals surface area contributed by atoms with Gasteiger partial charge in [-0.1, -0.05) is 24.3 Å². The molecule has 9 heteroatoms. The van der Waals surface area contributed by atoms with Crippen LogP contribution in [0.4, 0.5) is 5.69 Å². The first-order valence-corrected chi connectivity index (χ1v) is 8.42. The van der Waals surface area contributed by atoms with Crippen LogP contribution in [0.25, 0.3) is 0 Å². The number of para-hydroxylation sites is 1. The molecule has 0 radical (unpaired) electrons. The summed E-state index contributed by atoms with van der Waals surface area (Å²) in [6.45, 7) is 1.63. The third kappa shape index (κ3) is 4.55. The third-order valence-electron chi connectivity index (χ3n) is 3.06. The second kappa shape index (κ2) is 7.46. The van der Waals surface area contributed by atoms with Gasteiger partial charge in [0.15, 0.2) is 5.84 Å². The van der Waals surface area contributed by atoms with Crippen LogP contribution in [-0.2, 0) is 10.1 Å². The van der Waals surface area contributed by atoms with Crippen LogP contribution in [0.1, 0.15) is 5.56 Å². The van der Waals surface area contributed by atoms with Crippen LogP contribution in [0.2, 0.25) is 0 Å². The highest BCUT2D eigenvalue weighted by Crippen LogP contribution is 2.24. The fourth-order valence-electron chi connectivity index (χ4n) is 1.85. The van der Waals surface area contributed by atoms with Crippen molar-refractivity contribution in [3.8, 4) is 11.8 Å². The van der Waals surface area contributed by atoms with Crippen LogP contribution in [0.5, 0.6) is 5.75 Å². The largest absolute Gasteiger partial charge is 0.382 e. The first kappa shape index (κ1) is 18.0. The summed E-state index contributed by atoms with van der Waals surface area (Å²) in [5.41, 5.74) is 8.17. The number of hydrazone groups is 1. The summed E-state index contributed by atoms with van der Waals surface area (Å²) in [6, 6.07) is 14.3. The van der Waals surface area contributed by atoms with E-state index >= 15 is 0 Å². The van der Waals surface area contributed by atoms with Gasteiger partial charge in [-0.15, -0.1) is 0 Å². The summed E-state index contributed by atoms with van der Waals surface area (Å²) in [6.07, 6.45) is 0. The molecular weight excluding hydrogens is 342 g/mol. The van der Waals surface area contributed by atoms with Crippen LogP contribution in [0.15, 0.2) is 58.5 Å². The normalized spacial score (nSPS) is 11.4. The number of amidine groups is 1. The Labute approximate surface area is 145 Å². The number of rotatable bonds is 6. The Morgan fingerprint density at radius 3 is 2.56 bits per heavy atom. The van der Waals surface area contributed by atoms with E-state index in [1.807, 2.05) is 0 Å². The van der Waals surface area contributed by atoms with Crippen molar-refractivity contribution < 1.29 is 12.6 Å². The highest BCUT2D eigenvalue weighted by atomic mass is 32.2. The monoisotopic (exact) mass is 357 g/mol. The second-order valence-corrected chi connectivity index (χ2v) is 6.44. The van der Waals surface area contributed by atoms with Crippen molar-refractivity contribution >= 4 is 27.4 Å². The molecule has 2 aromatic rings. The lowest BCUT2D eigenvalue weighted by Gasteiger charge is -2.11. The van der Waals surface area contributed by atoms with Crippen molar-refractivity contribution in [3.05, 3.63) is 54.1 Å². The molecule has 0 saturated heterocycles. The van der Waals surface area contributed by atoms with Gasteiger partial charge in [-0.3, -0.25) is 10.8 Å². The van der Waals surface area contributed by atoms with E-state index < -0.39 is 16.0 Å². The van der Waals surface area contributed by atoms with Crippen molar-refractivity contribution in [1.29, 1.82) is 10.7 Å². The number of anilines is 1. The van der Waals surface area contributed by atoms with Gasteiger partial charge in [-0.05, 0) is 36.8 Å². The Hall–Kier alpha value is -3.38. The molecule has 8 nitrogen and oxygen atoms in total. The van der Waals surface area contributed by atoms with E-state index in [-0.39, 0.29) is 16.4 Å². The average molecular weight is 357 g/mol. The maximum absolute atomic E-state index is 12.5. The van der Waals surface area contributed by atoms with E-state index in [2.05, 4.69) is 10.5 Å². The van der Waals surface area contributed by atoms with Crippen LogP contribution < -0.4 is 15.3 Å². The number of benzene rings is 2. The van der Waals surface area contributed by atoms with Crippen molar-refractivity contribution in [2.45, 2.75) is 11.8 Å². The van der Waals surface area contributed by atoms with Crippen LogP contribution >= 0.6 is 0 Å². The van der Waals surface area contributed by atoms with Gasteiger partial charge >= 0.3 is 10.1 Å². The van der Waals surface area contributed by atoms with Crippen LogP contribution in [0.3, 0.4) is 0 Å². The molecule has 0 heterocycles. The molecule has 0 saturated carbocycles. The zero-order chi connectivity index (χ0) is 18.4. The molecule has 0 aromatic heterocycles. The molecule has 0 fully saturated rings. The lowest BCUT2D eigenvalue weighted by atomic mass is 10.2. The smallest absolute Gasteiger partial charge is 0.339 e. The SMILES string of the molecule is Cc1ccc(N/N=C(\C#N)C(=N)N)cc1S(=O)(=O)Oc1ccccc1. The molecule has 0 amide bonds. The summed E-state index contributed by atoms with van der Waals surface area (Å²) < 4.78 is 30.1. The topological polar surface area (TPSA) is 141 Å². The van der Waals surface area contributed by atoms with E-state index in [0.29, 0.717) is 11.3 Å². The molecule has 0 spiro atoms. The van der Waals surface area contributed by atoms with Crippen molar-refractivity contribution in [2.24, 2.45) is 10.8 Å². The van der Waals surface area contributed by atoms with Crippen LogP contribution in [0, 0.1) is 23.7 Å². The Morgan fingerprint density at radius 2 is 1.96 bits per heavy atom. The number of aryl methyl sites for hydroxylation is 1. The molecule has 0 aliphatic heterocycles. The molecule has 0 aliphatic carbocycles. The van der Waals surface area contributed by atoms with Gasteiger partial charge in [-0.2, -0.15) is 18.8 Å². The first-order chi connectivity index (χ1) is 11.8. The van der Waals surface area contributed by atoms with Gasteiger partial charge < -0.3 is 9.92 Å². The van der Waals surface area contributed by atoms with Gasteiger partial charge in [0.2, 0.25) is 5.71 Å². The van der Waals surface area contributed by atoms with Gasteiger partial charge in [0, 0.05) is 0 Å². The molecule has 25 heavy (non-hydrogen) atoms. The predicted molar refractivity (Wildman–Crippen MR) is 94.0 cm³/mol. The zero-order valence-corrected chi connectivity index (χ0v) is 14.0. The zero-order valence-electron chi connectivity index (χ0n) is 13.2. The molecule has 0 unspecified atom stereocenters. The van der Waals surface area contributed by atoms with Gasteiger partial charge in [0.05, 0.1) is 5.69 Å². The lowest BCUT2D eigenvalue weighted by Crippen LogP contribution is -2.21. The highest BCUT2D eigenvalue weighted by molar-refractivity contribution is 7.87. The molecule has 2 rings (SSSR count). The maximum atomic E-state index is 12.5. The number of nitrogens with zero attached hydrogens (tertiary/aromatic N) is 2. The minimum absolute atomic E-state index is 0.0436. The van der Waals surface area contributed by atoms with Crippen molar-refractivity contribution in [2.75, 3.05) is 5.43 Å². The minimum Gasteiger partial charge on any atom is -0.382 e. The van der Waals surface area contributed by atoms with Gasteiger partial charge in [0.25, 0.3) is 0 Å². The molecule has 128 valence electrons. The second-order valence-electron chi connectivity index (χ2n) is 4.93. The lowest BCUT2D eigenvalue weighted by molar-refractivity contribution is 0.485. The molecular formula is C16H15N5O3S. The van der Waals surface area contributed by atoms with Gasteiger partial charge in [0.1, 0.15) is 16.7 Å². The van der Waals surface area contributed by atoms with E-state index in [1.165, 1.54) is 18.2 Å². The highest BCUT2D eigenvalue weighted by Gasteiger charge is 2.20. The summed E-state index contributed by atoms with van der Waals surface area (Å²) in [5.74, 6) is -0.302. The number of nitriles is 1. The maximum Gasteiger partial charge on any atom is 0.339 e. The van der Waals surface area contributed by atoms with E-state index in [0.717, 1.165) is 0 Å². The average Bonchev–Trinajstić information content (AvgIpc) is 2.57.